The Balaban J connectivity index is 2.37. The van der Waals surface area contributed by atoms with Crippen LogP contribution in [0.25, 0.3) is 0 Å². The SMILES string of the molecule is COc1c(Cl)ncnc1Sc1ccccc1C. The third kappa shape index (κ3) is 2.70. The van der Waals surface area contributed by atoms with Gasteiger partial charge in [0.1, 0.15) is 11.4 Å². The second kappa shape index (κ2) is 5.38. The van der Waals surface area contributed by atoms with Crippen molar-refractivity contribution >= 4 is 23.4 Å². The van der Waals surface area contributed by atoms with E-state index in [1.165, 1.54) is 23.7 Å². The second-order valence-corrected chi connectivity index (χ2v) is 4.76. The summed E-state index contributed by atoms with van der Waals surface area (Å²) in [4.78, 5) is 9.21. The highest BCUT2D eigenvalue weighted by Crippen LogP contribution is 2.37. The molecule has 2 aromatic rings. The Morgan fingerprint density at radius 2 is 2.00 bits per heavy atom. The molecule has 0 amide bonds. The van der Waals surface area contributed by atoms with E-state index < -0.39 is 0 Å². The van der Waals surface area contributed by atoms with Crippen LogP contribution in [-0.4, -0.2) is 17.1 Å². The highest BCUT2D eigenvalue weighted by Gasteiger charge is 2.12. The number of aryl methyl sites for hydroxylation is 1. The molecule has 2 rings (SSSR count). The zero-order chi connectivity index (χ0) is 12.3. The largest absolute Gasteiger partial charge is 0.491 e. The van der Waals surface area contributed by atoms with E-state index in [9.17, 15) is 0 Å². The summed E-state index contributed by atoms with van der Waals surface area (Å²) in [5.41, 5.74) is 1.19. The Labute approximate surface area is 109 Å². The van der Waals surface area contributed by atoms with Gasteiger partial charge in [-0.3, -0.25) is 0 Å². The smallest absolute Gasteiger partial charge is 0.188 e. The number of methoxy groups -OCH3 is 1. The number of halogens is 1. The number of hydrogen-bond acceptors (Lipinski definition) is 4. The maximum absolute atomic E-state index is 5.95. The van der Waals surface area contributed by atoms with Crippen LogP contribution in [0.2, 0.25) is 5.15 Å². The minimum absolute atomic E-state index is 0.332. The molecule has 0 atom stereocenters. The first-order chi connectivity index (χ1) is 8.22. The van der Waals surface area contributed by atoms with E-state index in [1.54, 1.807) is 7.11 Å². The van der Waals surface area contributed by atoms with Gasteiger partial charge in [-0.05, 0) is 18.6 Å². The topological polar surface area (TPSA) is 35.0 Å². The number of aromatic nitrogens is 2. The third-order valence-electron chi connectivity index (χ3n) is 2.23. The number of rotatable bonds is 3. The van der Waals surface area contributed by atoms with Crippen LogP contribution >= 0.6 is 23.4 Å². The molecule has 0 unspecified atom stereocenters. The minimum Gasteiger partial charge on any atom is -0.491 e. The van der Waals surface area contributed by atoms with E-state index in [4.69, 9.17) is 16.3 Å². The van der Waals surface area contributed by atoms with Crippen molar-refractivity contribution in [2.24, 2.45) is 0 Å². The molecule has 1 aromatic carbocycles. The predicted octanol–water partition coefficient (Wildman–Crippen LogP) is 3.60. The average Bonchev–Trinajstić information content (AvgIpc) is 2.32. The summed E-state index contributed by atoms with van der Waals surface area (Å²) < 4.78 is 5.21. The lowest BCUT2D eigenvalue weighted by atomic mass is 10.2. The summed E-state index contributed by atoms with van der Waals surface area (Å²) >= 11 is 7.47. The summed E-state index contributed by atoms with van der Waals surface area (Å²) in [5.74, 6) is 0.516. The van der Waals surface area contributed by atoms with Gasteiger partial charge in [-0.15, -0.1) is 0 Å². The molecule has 0 fully saturated rings. The van der Waals surface area contributed by atoms with Crippen LogP contribution < -0.4 is 4.74 Å². The van der Waals surface area contributed by atoms with Gasteiger partial charge < -0.3 is 4.74 Å². The van der Waals surface area contributed by atoms with Gasteiger partial charge >= 0.3 is 0 Å². The van der Waals surface area contributed by atoms with E-state index in [0.717, 1.165) is 9.92 Å². The van der Waals surface area contributed by atoms with Crippen molar-refractivity contribution in [3.05, 3.63) is 41.3 Å². The van der Waals surface area contributed by atoms with E-state index in [2.05, 4.69) is 23.0 Å². The van der Waals surface area contributed by atoms with E-state index in [1.807, 2.05) is 18.2 Å². The predicted molar refractivity (Wildman–Crippen MR) is 68.9 cm³/mol. The van der Waals surface area contributed by atoms with E-state index >= 15 is 0 Å². The van der Waals surface area contributed by atoms with Crippen molar-refractivity contribution in [1.82, 2.24) is 9.97 Å². The van der Waals surface area contributed by atoms with Gasteiger partial charge in [0.2, 0.25) is 0 Å². The molecule has 1 heterocycles. The lowest BCUT2D eigenvalue weighted by molar-refractivity contribution is 0.398. The van der Waals surface area contributed by atoms with Crippen LogP contribution in [0.4, 0.5) is 0 Å². The minimum atomic E-state index is 0.332. The molecule has 0 aliphatic heterocycles. The van der Waals surface area contributed by atoms with Crippen LogP contribution in [0.15, 0.2) is 40.5 Å². The second-order valence-electron chi connectivity index (χ2n) is 3.37. The number of ether oxygens (including phenoxy) is 1. The molecule has 17 heavy (non-hydrogen) atoms. The van der Waals surface area contributed by atoms with Crippen LogP contribution in [0.3, 0.4) is 0 Å². The highest BCUT2D eigenvalue weighted by atomic mass is 35.5. The molecule has 0 bridgehead atoms. The molecule has 3 nitrogen and oxygen atoms in total. The maximum Gasteiger partial charge on any atom is 0.188 e. The lowest BCUT2D eigenvalue weighted by Gasteiger charge is -2.08. The summed E-state index contributed by atoms with van der Waals surface area (Å²) in [6, 6.07) is 8.08. The standard InChI is InChI=1S/C12H11ClN2OS/c1-8-5-3-4-6-9(8)17-12-10(16-2)11(13)14-7-15-12/h3-7H,1-2H3. The zero-order valence-corrected chi connectivity index (χ0v) is 11.0. The van der Waals surface area contributed by atoms with Crippen molar-refractivity contribution in [2.75, 3.05) is 7.11 Å². The van der Waals surface area contributed by atoms with Gasteiger partial charge in [-0.25, -0.2) is 9.97 Å². The normalized spacial score (nSPS) is 10.3. The van der Waals surface area contributed by atoms with Crippen LogP contribution in [0.5, 0.6) is 5.75 Å². The fourth-order valence-electron chi connectivity index (χ4n) is 1.36. The molecule has 0 spiro atoms. The average molecular weight is 267 g/mol. The molecule has 0 saturated carbocycles. The van der Waals surface area contributed by atoms with Gasteiger partial charge in [0.25, 0.3) is 0 Å². The molecule has 0 radical (unpaired) electrons. The monoisotopic (exact) mass is 266 g/mol. The Morgan fingerprint density at radius 1 is 1.24 bits per heavy atom. The first-order valence-corrected chi connectivity index (χ1v) is 6.20. The van der Waals surface area contributed by atoms with Gasteiger partial charge in [0.15, 0.2) is 10.9 Å². The molecular weight excluding hydrogens is 256 g/mol. The molecule has 88 valence electrons. The summed E-state index contributed by atoms with van der Waals surface area (Å²) in [6.45, 7) is 2.05. The molecule has 1 aromatic heterocycles. The summed E-state index contributed by atoms with van der Waals surface area (Å²) in [7, 11) is 1.56. The lowest BCUT2D eigenvalue weighted by Crippen LogP contribution is -1.93. The van der Waals surface area contributed by atoms with Crippen LogP contribution in [-0.2, 0) is 0 Å². The Morgan fingerprint density at radius 3 is 2.71 bits per heavy atom. The highest BCUT2D eigenvalue weighted by molar-refractivity contribution is 7.99. The first-order valence-electron chi connectivity index (χ1n) is 5.00. The molecule has 5 heteroatoms. The van der Waals surface area contributed by atoms with Gasteiger partial charge in [-0.1, -0.05) is 41.6 Å². The number of benzene rings is 1. The molecule has 0 N–H and O–H groups in total. The summed E-state index contributed by atoms with van der Waals surface area (Å²) in [6.07, 6.45) is 1.44. The molecule has 0 aliphatic rings. The summed E-state index contributed by atoms with van der Waals surface area (Å²) in [5, 5.41) is 1.06. The fraction of sp³-hybridized carbons (Fsp3) is 0.167. The molecule has 0 saturated heterocycles. The van der Waals surface area contributed by atoms with Gasteiger partial charge in [-0.2, -0.15) is 0 Å². The Kier molecular flexibility index (Phi) is 3.86. The van der Waals surface area contributed by atoms with Crippen molar-refractivity contribution in [3.8, 4) is 5.75 Å². The molecule has 0 aliphatic carbocycles. The van der Waals surface area contributed by atoms with Crippen LogP contribution in [0, 0.1) is 6.92 Å². The van der Waals surface area contributed by atoms with Gasteiger partial charge in [0, 0.05) is 4.90 Å². The fourth-order valence-corrected chi connectivity index (χ4v) is 2.58. The quantitative estimate of drug-likeness (QED) is 0.795. The number of hydrogen-bond donors (Lipinski definition) is 0. The van der Waals surface area contributed by atoms with Crippen molar-refractivity contribution < 1.29 is 4.74 Å². The van der Waals surface area contributed by atoms with E-state index in [0.29, 0.717) is 10.9 Å². The third-order valence-corrected chi connectivity index (χ3v) is 3.66. The Hall–Kier alpha value is -1.26. The van der Waals surface area contributed by atoms with Crippen molar-refractivity contribution in [3.63, 3.8) is 0 Å². The van der Waals surface area contributed by atoms with Gasteiger partial charge in [0.05, 0.1) is 7.11 Å². The van der Waals surface area contributed by atoms with Crippen molar-refractivity contribution in [1.29, 1.82) is 0 Å². The van der Waals surface area contributed by atoms with Crippen LogP contribution in [0.1, 0.15) is 5.56 Å². The zero-order valence-electron chi connectivity index (χ0n) is 9.48. The first kappa shape index (κ1) is 12.2. The Bertz CT molecular complexity index is 534. The number of nitrogens with zero attached hydrogens (tertiary/aromatic N) is 2. The molecular formula is C12H11ClN2OS. The maximum atomic E-state index is 5.95. The van der Waals surface area contributed by atoms with E-state index in [-0.39, 0.29) is 0 Å². The van der Waals surface area contributed by atoms with Crippen molar-refractivity contribution in [2.45, 2.75) is 16.8 Å².